The third-order valence-electron chi connectivity index (χ3n) is 4.86. The van der Waals surface area contributed by atoms with Crippen molar-refractivity contribution in [2.24, 2.45) is 0 Å². The number of rotatable bonds is 9. The van der Waals surface area contributed by atoms with E-state index in [0.29, 0.717) is 11.1 Å². The van der Waals surface area contributed by atoms with Gasteiger partial charge in [-0.2, -0.15) is 10.2 Å². The van der Waals surface area contributed by atoms with Crippen LogP contribution in [0.3, 0.4) is 0 Å². The molecule has 0 spiro atoms. The fourth-order valence-electron chi connectivity index (χ4n) is 3.08. The molecule has 32 heavy (non-hydrogen) atoms. The third kappa shape index (κ3) is 6.26. The second kappa shape index (κ2) is 11.4. The Morgan fingerprint density at radius 3 is 2.22 bits per heavy atom. The van der Waals surface area contributed by atoms with E-state index in [2.05, 4.69) is 11.9 Å². The second-order valence-corrected chi connectivity index (χ2v) is 7.27. The van der Waals surface area contributed by atoms with Gasteiger partial charge in [-0.1, -0.05) is 56.5 Å². The second-order valence-electron chi connectivity index (χ2n) is 7.27. The maximum atomic E-state index is 12.6. The summed E-state index contributed by atoms with van der Waals surface area (Å²) >= 11 is 0. The van der Waals surface area contributed by atoms with Crippen molar-refractivity contribution in [1.29, 1.82) is 5.26 Å². The zero-order chi connectivity index (χ0) is 22.8. The lowest BCUT2D eigenvalue weighted by Gasteiger charge is -2.08. The number of nitrogens with zero attached hydrogens (tertiary/aromatic N) is 2. The molecule has 0 unspecified atom stereocenters. The van der Waals surface area contributed by atoms with Gasteiger partial charge in [0.2, 0.25) is 11.8 Å². The standard InChI is InChI=1S/C26H24N2O4/c1-2-3-4-6-9-19-12-14-21(15-13-19)26(30)32-24-22(18-27)16-17-23(28-24)31-25(29)20-10-7-5-8-11-20/h5,7-8,10-17H,2-4,6,9H2,1H3. The first-order valence-corrected chi connectivity index (χ1v) is 10.6. The molecule has 0 bridgehead atoms. The summed E-state index contributed by atoms with van der Waals surface area (Å²) in [7, 11) is 0. The van der Waals surface area contributed by atoms with E-state index in [1.54, 1.807) is 42.5 Å². The van der Waals surface area contributed by atoms with Gasteiger partial charge in [0.25, 0.3) is 0 Å². The van der Waals surface area contributed by atoms with Crippen molar-refractivity contribution < 1.29 is 19.1 Å². The molecule has 0 amide bonds. The number of carbonyl (C=O) groups is 2. The molecule has 6 nitrogen and oxygen atoms in total. The minimum atomic E-state index is -0.641. The van der Waals surface area contributed by atoms with Crippen molar-refractivity contribution >= 4 is 11.9 Å². The van der Waals surface area contributed by atoms with Crippen molar-refractivity contribution in [1.82, 2.24) is 4.98 Å². The number of ether oxygens (including phenoxy) is 2. The molecule has 0 aliphatic carbocycles. The predicted molar refractivity (Wildman–Crippen MR) is 120 cm³/mol. The molecular weight excluding hydrogens is 404 g/mol. The monoisotopic (exact) mass is 428 g/mol. The Kier molecular flexibility index (Phi) is 8.10. The van der Waals surface area contributed by atoms with Crippen LogP contribution in [0.1, 0.15) is 64.4 Å². The Bertz CT molecular complexity index is 1100. The number of aryl methyl sites for hydroxylation is 1. The van der Waals surface area contributed by atoms with Gasteiger partial charge in [-0.25, -0.2) is 9.59 Å². The number of hydrogen-bond acceptors (Lipinski definition) is 6. The number of nitriles is 1. The molecule has 0 saturated heterocycles. The van der Waals surface area contributed by atoms with Crippen LogP contribution in [-0.4, -0.2) is 16.9 Å². The van der Waals surface area contributed by atoms with Gasteiger partial charge in [-0.15, -0.1) is 0 Å². The lowest BCUT2D eigenvalue weighted by molar-refractivity contribution is 0.0717. The third-order valence-corrected chi connectivity index (χ3v) is 4.86. The summed E-state index contributed by atoms with van der Waals surface area (Å²) in [5, 5.41) is 9.32. The van der Waals surface area contributed by atoms with Gasteiger partial charge in [0, 0.05) is 6.07 Å². The van der Waals surface area contributed by atoms with Crippen LogP contribution >= 0.6 is 0 Å². The first-order chi connectivity index (χ1) is 15.6. The van der Waals surface area contributed by atoms with E-state index in [4.69, 9.17) is 9.47 Å². The highest BCUT2D eigenvalue weighted by Crippen LogP contribution is 2.22. The van der Waals surface area contributed by atoms with Crippen LogP contribution in [-0.2, 0) is 6.42 Å². The Morgan fingerprint density at radius 1 is 0.844 bits per heavy atom. The summed E-state index contributed by atoms with van der Waals surface area (Å²) in [6, 6.07) is 20.3. The van der Waals surface area contributed by atoms with E-state index in [9.17, 15) is 14.9 Å². The van der Waals surface area contributed by atoms with Gasteiger partial charge in [-0.05, 0) is 48.7 Å². The summed E-state index contributed by atoms with van der Waals surface area (Å²) < 4.78 is 10.6. The number of carbonyl (C=O) groups excluding carboxylic acids is 2. The average Bonchev–Trinajstić information content (AvgIpc) is 2.83. The number of hydrogen-bond donors (Lipinski definition) is 0. The fraction of sp³-hybridized carbons (Fsp3) is 0.231. The molecule has 1 heterocycles. The van der Waals surface area contributed by atoms with Crippen LogP contribution < -0.4 is 9.47 Å². The van der Waals surface area contributed by atoms with Gasteiger partial charge < -0.3 is 9.47 Å². The molecule has 1 aromatic heterocycles. The van der Waals surface area contributed by atoms with E-state index in [-0.39, 0.29) is 17.3 Å². The topological polar surface area (TPSA) is 89.3 Å². The van der Waals surface area contributed by atoms with E-state index < -0.39 is 11.9 Å². The van der Waals surface area contributed by atoms with E-state index in [1.165, 1.54) is 31.4 Å². The summed E-state index contributed by atoms with van der Waals surface area (Å²) in [5.74, 6) is -1.52. The number of unbranched alkanes of at least 4 members (excludes halogenated alkanes) is 3. The van der Waals surface area contributed by atoms with Crippen molar-refractivity contribution in [2.45, 2.75) is 39.0 Å². The molecule has 0 saturated carbocycles. The number of benzene rings is 2. The lowest BCUT2D eigenvalue weighted by Crippen LogP contribution is -2.13. The summed E-state index contributed by atoms with van der Waals surface area (Å²) in [6.45, 7) is 2.18. The van der Waals surface area contributed by atoms with Crippen LogP contribution in [0.15, 0.2) is 66.7 Å². The molecule has 0 N–H and O–H groups in total. The number of pyridine rings is 1. The van der Waals surface area contributed by atoms with E-state index in [0.717, 1.165) is 18.4 Å². The maximum absolute atomic E-state index is 12.6. The number of aromatic nitrogens is 1. The molecule has 0 atom stereocenters. The Labute approximate surface area is 187 Å². The van der Waals surface area contributed by atoms with Crippen LogP contribution in [0.2, 0.25) is 0 Å². The molecule has 162 valence electrons. The molecule has 0 radical (unpaired) electrons. The SMILES string of the molecule is CCCCCCc1ccc(C(=O)Oc2nc(OC(=O)c3ccccc3)ccc2C#N)cc1. The highest BCUT2D eigenvalue weighted by atomic mass is 16.6. The molecule has 0 fully saturated rings. The van der Waals surface area contributed by atoms with Gasteiger partial charge >= 0.3 is 11.9 Å². The zero-order valence-corrected chi connectivity index (χ0v) is 17.9. The number of esters is 2. The zero-order valence-electron chi connectivity index (χ0n) is 17.9. The minimum absolute atomic E-state index is 0.0606. The van der Waals surface area contributed by atoms with E-state index in [1.807, 2.05) is 18.2 Å². The molecule has 2 aromatic carbocycles. The van der Waals surface area contributed by atoms with Gasteiger partial charge in [0.15, 0.2) is 0 Å². The Balaban J connectivity index is 1.68. The van der Waals surface area contributed by atoms with Crippen LogP contribution in [0.5, 0.6) is 11.8 Å². The van der Waals surface area contributed by atoms with Crippen LogP contribution in [0.25, 0.3) is 0 Å². The fourth-order valence-corrected chi connectivity index (χ4v) is 3.08. The first-order valence-electron chi connectivity index (χ1n) is 10.6. The summed E-state index contributed by atoms with van der Waals surface area (Å²) in [4.78, 5) is 28.8. The Hall–Kier alpha value is -3.98. The summed E-state index contributed by atoms with van der Waals surface area (Å²) in [6.07, 6.45) is 5.68. The van der Waals surface area contributed by atoms with Crippen molar-refractivity contribution in [3.05, 3.63) is 89.0 Å². The van der Waals surface area contributed by atoms with Crippen molar-refractivity contribution in [3.63, 3.8) is 0 Å². The van der Waals surface area contributed by atoms with Crippen molar-refractivity contribution in [2.75, 3.05) is 0 Å². The average molecular weight is 428 g/mol. The van der Waals surface area contributed by atoms with Crippen molar-refractivity contribution in [3.8, 4) is 17.8 Å². The molecule has 0 aliphatic rings. The normalized spacial score (nSPS) is 10.2. The van der Waals surface area contributed by atoms with Gasteiger partial charge in [0.05, 0.1) is 11.1 Å². The summed E-state index contributed by atoms with van der Waals surface area (Å²) in [5.41, 5.74) is 1.92. The molecule has 3 aromatic rings. The molecule has 0 aliphatic heterocycles. The predicted octanol–water partition coefficient (Wildman–Crippen LogP) is 5.51. The maximum Gasteiger partial charge on any atom is 0.344 e. The van der Waals surface area contributed by atoms with Crippen LogP contribution in [0, 0.1) is 11.3 Å². The molecule has 3 rings (SSSR count). The highest BCUT2D eigenvalue weighted by Gasteiger charge is 2.16. The largest absolute Gasteiger partial charge is 0.404 e. The Morgan fingerprint density at radius 2 is 1.53 bits per heavy atom. The quantitative estimate of drug-likeness (QED) is 0.330. The van der Waals surface area contributed by atoms with E-state index >= 15 is 0 Å². The molecule has 6 heteroatoms. The van der Waals surface area contributed by atoms with Crippen LogP contribution in [0.4, 0.5) is 0 Å². The van der Waals surface area contributed by atoms with Gasteiger partial charge in [0.1, 0.15) is 11.6 Å². The first kappa shape index (κ1) is 22.7. The lowest BCUT2D eigenvalue weighted by atomic mass is 10.0. The van der Waals surface area contributed by atoms with Gasteiger partial charge in [-0.3, -0.25) is 0 Å². The smallest absolute Gasteiger partial charge is 0.344 e. The minimum Gasteiger partial charge on any atom is -0.404 e. The molecular formula is C26H24N2O4. The highest BCUT2D eigenvalue weighted by molar-refractivity contribution is 5.91.